The van der Waals surface area contributed by atoms with Crippen LogP contribution in [0.4, 0.5) is 0 Å². The van der Waals surface area contributed by atoms with Gasteiger partial charge in [0, 0.05) is 39.6 Å². The van der Waals surface area contributed by atoms with Gasteiger partial charge >= 0.3 is 0 Å². The molecule has 4 nitrogen and oxygen atoms in total. The molecule has 0 radical (unpaired) electrons. The van der Waals surface area contributed by atoms with Crippen molar-refractivity contribution in [1.82, 2.24) is 9.80 Å². The monoisotopic (exact) mass is 330 g/mol. The first-order valence-electron chi connectivity index (χ1n) is 9.14. The second-order valence-corrected chi connectivity index (χ2v) is 7.49. The number of carbonyl (C=O) groups is 1. The second kappa shape index (κ2) is 7.66. The van der Waals surface area contributed by atoms with Gasteiger partial charge in [-0.3, -0.25) is 4.79 Å². The van der Waals surface area contributed by atoms with E-state index in [1.54, 1.807) is 14.0 Å². The van der Waals surface area contributed by atoms with Crippen LogP contribution in [0, 0.1) is 11.3 Å². The quantitative estimate of drug-likeness (QED) is 0.831. The summed E-state index contributed by atoms with van der Waals surface area (Å²) in [4.78, 5) is 16.4. The highest BCUT2D eigenvalue weighted by atomic mass is 16.5. The minimum absolute atomic E-state index is 0.208. The van der Waals surface area contributed by atoms with Gasteiger partial charge in [-0.1, -0.05) is 30.3 Å². The average Bonchev–Trinajstić information content (AvgIpc) is 2.94. The zero-order valence-electron chi connectivity index (χ0n) is 15.0. The zero-order valence-corrected chi connectivity index (χ0v) is 15.0. The van der Waals surface area contributed by atoms with E-state index in [1.165, 1.54) is 18.4 Å². The molecule has 24 heavy (non-hydrogen) atoms. The fraction of sp³-hybridized carbons (Fsp3) is 0.650. The molecule has 2 fully saturated rings. The number of rotatable bonds is 5. The Morgan fingerprint density at radius 3 is 2.58 bits per heavy atom. The summed E-state index contributed by atoms with van der Waals surface area (Å²) in [6.07, 6.45) is 3.48. The van der Waals surface area contributed by atoms with E-state index in [2.05, 4.69) is 35.2 Å². The lowest BCUT2D eigenvalue weighted by molar-refractivity contribution is -0.128. The van der Waals surface area contributed by atoms with Crippen LogP contribution in [-0.4, -0.2) is 62.1 Å². The van der Waals surface area contributed by atoms with Gasteiger partial charge in [0.15, 0.2) is 0 Å². The molecule has 3 rings (SSSR count). The molecule has 1 aromatic carbocycles. The summed E-state index contributed by atoms with van der Waals surface area (Å²) in [5, 5.41) is 0. The van der Waals surface area contributed by atoms with E-state index in [9.17, 15) is 4.79 Å². The second-order valence-electron chi connectivity index (χ2n) is 7.49. The molecule has 1 amide bonds. The third kappa shape index (κ3) is 3.81. The van der Waals surface area contributed by atoms with E-state index < -0.39 is 0 Å². The highest BCUT2D eigenvalue weighted by molar-refractivity contribution is 5.73. The highest BCUT2D eigenvalue weighted by Crippen LogP contribution is 2.44. The molecular formula is C20H30N2O2. The van der Waals surface area contributed by atoms with Crippen LogP contribution in [0.3, 0.4) is 0 Å². The fourth-order valence-corrected chi connectivity index (χ4v) is 4.42. The summed E-state index contributed by atoms with van der Waals surface area (Å²) in [7, 11) is 1.78. The topological polar surface area (TPSA) is 32.8 Å². The number of hydrogen-bond acceptors (Lipinski definition) is 3. The van der Waals surface area contributed by atoms with Crippen LogP contribution in [-0.2, 0) is 16.0 Å². The average molecular weight is 330 g/mol. The third-order valence-electron chi connectivity index (χ3n) is 6.04. The van der Waals surface area contributed by atoms with Gasteiger partial charge in [-0.05, 0) is 43.3 Å². The van der Waals surface area contributed by atoms with E-state index in [4.69, 9.17) is 4.74 Å². The molecule has 2 saturated heterocycles. The third-order valence-corrected chi connectivity index (χ3v) is 6.04. The molecule has 2 aliphatic heterocycles. The molecule has 0 N–H and O–H groups in total. The summed E-state index contributed by atoms with van der Waals surface area (Å²) in [5.41, 5.74) is 1.68. The van der Waals surface area contributed by atoms with Gasteiger partial charge in [0.1, 0.15) is 0 Å². The Bertz CT molecular complexity index is 538. The van der Waals surface area contributed by atoms with Crippen LogP contribution in [0.1, 0.15) is 25.3 Å². The first-order chi connectivity index (χ1) is 11.6. The van der Waals surface area contributed by atoms with E-state index in [0.29, 0.717) is 5.92 Å². The van der Waals surface area contributed by atoms with E-state index in [-0.39, 0.29) is 11.3 Å². The molecule has 1 atom stereocenters. The highest BCUT2D eigenvalue weighted by Gasteiger charge is 2.48. The van der Waals surface area contributed by atoms with E-state index in [0.717, 1.165) is 45.8 Å². The van der Waals surface area contributed by atoms with Crippen LogP contribution in [0.2, 0.25) is 0 Å². The Balaban J connectivity index is 1.55. The van der Waals surface area contributed by atoms with Crippen molar-refractivity contribution >= 4 is 5.91 Å². The van der Waals surface area contributed by atoms with Gasteiger partial charge in [-0.2, -0.15) is 0 Å². The molecule has 0 aromatic heterocycles. The molecule has 0 saturated carbocycles. The lowest BCUT2D eigenvalue weighted by atomic mass is 9.71. The van der Waals surface area contributed by atoms with Crippen LogP contribution >= 0.6 is 0 Å². The van der Waals surface area contributed by atoms with Crippen molar-refractivity contribution in [3.8, 4) is 0 Å². The predicted molar refractivity (Wildman–Crippen MR) is 95.9 cm³/mol. The molecule has 1 aromatic rings. The molecule has 0 bridgehead atoms. The Morgan fingerprint density at radius 2 is 1.96 bits per heavy atom. The van der Waals surface area contributed by atoms with Gasteiger partial charge in [0.2, 0.25) is 5.91 Å². The SMILES string of the molecule is COC[C@@H]1CN(C(C)=O)CC12CCN(CCc1ccccc1)CC2. The molecule has 0 unspecified atom stereocenters. The van der Waals surface area contributed by atoms with Crippen molar-refractivity contribution in [2.24, 2.45) is 11.3 Å². The molecule has 2 aliphatic rings. The number of likely N-dealkylation sites (tertiary alicyclic amines) is 2. The Labute approximate surface area is 145 Å². The minimum Gasteiger partial charge on any atom is -0.384 e. The molecular weight excluding hydrogens is 300 g/mol. The number of piperidine rings is 1. The number of ether oxygens (including phenoxy) is 1. The fourth-order valence-electron chi connectivity index (χ4n) is 4.42. The van der Waals surface area contributed by atoms with Crippen molar-refractivity contribution in [3.63, 3.8) is 0 Å². The lowest BCUT2D eigenvalue weighted by Gasteiger charge is -2.42. The van der Waals surface area contributed by atoms with Crippen molar-refractivity contribution in [1.29, 1.82) is 0 Å². The lowest BCUT2D eigenvalue weighted by Crippen LogP contribution is -2.45. The summed E-state index contributed by atoms with van der Waals surface area (Å²) < 4.78 is 5.46. The number of benzene rings is 1. The summed E-state index contributed by atoms with van der Waals surface area (Å²) in [5.74, 6) is 0.696. The predicted octanol–water partition coefficient (Wildman–Crippen LogP) is 2.44. The van der Waals surface area contributed by atoms with Crippen molar-refractivity contribution in [3.05, 3.63) is 35.9 Å². The number of carbonyl (C=O) groups excluding carboxylic acids is 1. The molecule has 0 aliphatic carbocycles. The number of nitrogens with zero attached hydrogens (tertiary/aromatic N) is 2. The standard InChI is InChI=1S/C20H30N2O2/c1-17(23)22-14-19(15-24-2)20(16-22)9-12-21(13-10-20)11-8-18-6-4-3-5-7-18/h3-7,19H,8-16H2,1-2H3/t19-/m0/s1. The van der Waals surface area contributed by atoms with Gasteiger partial charge < -0.3 is 14.5 Å². The first-order valence-corrected chi connectivity index (χ1v) is 9.14. The first kappa shape index (κ1) is 17.4. The smallest absolute Gasteiger partial charge is 0.219 e. The van der Waals surface area contributed by atoms with Crippen molar-refractivity contribution in [2.75, 3.05) is 46.4 Å². The van der Waals surface area contributed by atoms with Crippen LogP contribution < -0.4 is 0 Å². The minimum atomic E-state index is 0.208. The molecule has 132 valence electrons. The molecule has 4 heteroatoms. The normalized spacial score (nSPS) is 23.8. The van der Waals surface area contributed by atoms with Gasteiger partial charge in [0.25, 0.3) is 0 Å². The summed E-state index contributed by atoms with van der Waals surface area (Å²) in [6, 6.07) is 10.7. The maximum atomic E-state index is 11.8. The largest absolute Gasteiger partial charge is 0.384 e. The summed E-state index contributed by atoms with van der Waals surface area (Å²) >= 11 is 0. The van der Waals surface area contributed by atoms with Gasteiger partial charge in [0.05, 0.1) is 6.61 Å². The molecule has 1 spiro atoms. The van der Waals surface area contributed by atoms with Gasteiger partial charge in [-0.15, -0.1) is 0 Å². The maximum Gasteiger partial charge on any atom is 0.219 e. The van der Waals surface area contributed by atoms with Crippen LogP contribution in [0.25, 0.3) is 0 Å². The van der Waals surface area contributed by atoms with Gasteiger partial charge in [-0.25, -0.2) is 0 Å². The van der Waals surface area contributed by atoms with Crippen LogP contribution in [0.5, 0.6) is 0 Å². The number of hydrogen-bond donors (Lipinski definition) is 0. The van der Waals surface area contributed by atoms with E-state index >= 15 is 0 Å². The Kier molecular flexibility index (Phi) is 5.57. The van der Waals surface area contributed by atoms with Crippen molar-refractivity contribution < 1.29 is 9.53 Å². The number of amides is 1. The Morgan fingerprint density at radius 1 is 1.25 bits per heavy atom. The Hall–Kier alpha value is -1.39. The summed E-state index contributed by atoms with van der Waals surface area (Å²) in [6.45, 7) is 7.66. The zero-order chi connectivity index (χ0) is 17.0. The number of methoxy groups -OCH3 is 1. The van der Waals surface area contributed by atoms with Crippen molar-refractivity contribution in [2.45, 2.75) is 26.2 Å². The maximum absolute atomic E-state index is 11.8. The molecule has 2 heterocycles. The van der Waals surface area contributed by atoms with Crippen LogP contribution in [0.15, 0.2) is 30.3 Å². The van der Waals surface area contributed by atoms with E-state index in [1.807, 2.05) is 4.90 Å².